The van der Waals surface area contributed by atoms with E-state index in [0.717, 1.165) is 44.1 Å². The molecule has 0 spiro atoms. The Morgan fingerprint density at radius 1 is 0.894 bits per heavy atom. The van der Waals surface area contributed by atoms with Crippen molar-refractivity contribution in [2.24, 2.45) is 0 Å². The van der Waals surface area contributed by atoms with E-state index in [4.69, 9.17) is 13.8 Å². The molecule has 0 aliphatic carbocycles. The third-order valence-electron chi connectivity index (χ3n) is 8.17. The molecule has 0 radical (unpaired) electrons. The molecular weight excluding hydrogens is 617 g/mol. The number of unbranched alkanes of at least 4 members (excludes halogenated alkanes) is 6. The molecule has 11 heteroatoms. The fourth-order valence-electron chi connectivity index (χ4n) is 5.71. The molecule has 1 unspecified atom stereocenters. The van der Waals surface area contributed by atoms with E-state index in [2.05, 4.69) is 24.1 Å². The van der Waals surface area contributed by atoms with Crippen molar-refractivity contribution in [2.45, 2.75) is 91.5 Å². The van der Waals surface area contributed by atoms with Gasteiger partial charge in [-0.25, -0.2) is 4.79 Å². The molecule has 0 saturated heterocycles. The number of nitro groups is 1. The molecular formula is C36H52N3O7P. The van der Waals surface area contributed by atoms with Crippen molar-refractivity contribution in [1.29, 1.82) is 0 Å². The summed E-state index contributed by atoms with van der Waals surface area (Å²) < 4.78 is 33.1. The normalized spacial score (nSPS) is 15.2. The molecule has 1 N–H and O–H groups in total. The van der Waals surface area contributed by atoms with Crippen LogP contribution in [0.15, 0.2) is 76.9 Å². The molecule has 0 bridgehead atoms. The van der Waals surface area contributed by atoms with Gasteiger partial charge in [-0.15, -0.1) is 0 Å². The summed E-state index contributed by atoms with van der Waals surface area (Å²) in [5.41, 5.74) is 2.72. The van der Waals surface area contributed by atoms with E-state index in [0.29, 0.717) is 42.9 Å². The molecule has 2 aromatic rings. The van der Waals surface area contributed by atoms with Crippen LogP contribution in [-0.2, 0) is 29.7 Å². The van der Waals surface area contributed by atoms with Gasteiger partial charge in [-0.3, -0.25) is 19.6 Å². The average molecular weight is 670 g/mol. The molecule has 0 amide bonds. The second kappa shape index (κ2) is 19.5. The molecule has 0 saturated carbocycles. The van der Waals surface area contributed by atoms with Gasteiger partial charge in [0.2, 0.25) is 0 Å². The van der Waals surface area contributed by atoms with Gasteiger partial charge in [0, 0.05) is 36.6 Å². The number of hydrogen-bond donors (Lipinski definition) is 1. The standard InChI is InChI=1S/C36H52N3O7P/c1-6-8-10-15-23-45-47(43,46-24-16-11-9-7-2)35-29(4)37-28(3)33(34(35)31-20-17-21-32(26-31)39(41)42)36(40)44-25-22-38(5)27-30-18-13-12-14-19-30/h12-14,17-21,26,34,37H,6-11,15-16,22-25,27H2,1-5H3. The molecule has 47 heavy (non-hydrogen) atoms. The van der Waals surface area contributed by atoms with Crippen molar-refractivity contribution in [3.63, 3.8) is 0 Å². The van der Waals surface area contributed by atoms with Gasteiger partial charge < -0.3 is 19.1 Å². The first-order valence-electron chi connectivity index (χ1n) is 16.8. The highest BCUT2D eigenvalue weighted by Gasteiger charge is 2.45. The van der Waals surface area contributed by atoms with E-state index in [1.807, 2.05) is 37.4 Å². The molecule has 1 aliphatic heterocycles. The predicted molar refractivity (Wildman–Crippen MR) is 186 cm³/mol. The topological polar surface area (TPSA) is 120 Å². The number of carbonyl (C=O) groups is 1. The van der Waals surface area contributed by atoms with Crippen molar-refractivity contribution < 1.29 is 28.1 Å². The first-order chi connectivity index (χ1) is 22.6. The number of nitro benzene ring substituents is 1. The van der Waals surface area contributed by atoms with E-state index in [1.54, 1.807) is 26.0 Å². The zero-order chi connectivity index (χ0) is 34.2. The van der Waals surface area contributed by atoms with Gasteiger partial charge >= 0.3 is 13.6 Å². The number of likely N-dealkylation sites (N-methyl/N-ethyl adjacent to an activating group) is 1. The van der Waals surface area contributed by atoms with Crippen molar-refractivity contribution in [2.75, 3.05) is 33.4 Å². The zero-order valence-electron chi connectivity index (χ0n) is 28.7. The molecule has 2 aromatic carbocycles. The van der Waals surface area contributed by atoms with Crippen LogP contribution < -0.4 is 5.32 Å². The maximum atomic E-state index is 14.9. The lowest BCUT2D eigenvalue weighted by Crippen LogP contribution is -2.31. The lowest BCUT2D eigenvalue weighted by molar-refractivity contribution is -0.384. The van der Waals surface area contributed by atoms with Crippen molar-refractivity contribution >= 4 is 19.3 Å². The van der Waals surface area contributed by atoms with Crippen molar-refractivity contribution in [3.05, 3.63) is 98.1 Å². The number of rotatable bonds is 21. The third kappa shape index (κ3) is 11.4. The highest BCUT2D eigenvalue weighted by atomic mass is 31.2. The number of non-ortho nitro benzene ring substituents is 1. The van der Waals surface area contributed by atoms with Crippen LogP contribution in [0.2, 0.25) is 0 Å². The van der Waals surface area contributed by atoms with Crippen LogP contribution in [0.5, 0.6) is 0 Å². The SMILES string of the molecule is CCCCCCOP(=O)(OCCCCCC)C1=C(C)NC(C)=C(C(=O)OCCN(C)Cc2ccccc2)C1c1cccc([N+](=O)[O-])c1. The minimum atomic E-state index is -4.00. The van der Waals surface area contributed by atoms with E-state index in [1.165, 1.54) is 12.1 Å². The van der Waals surface area contributed by atoms with Gasteiger partial charge in [-0.2, -0.15) is 0 Å². The summed E-state index contributed by atoms with van der Waals surface area (Å²) in [5.74, 6) is -1.54. The number of esters is 1. The summed E-state index contributed by atoms with van der Waals surface area (Å²) in [6.45, 7) is 9.52. The second-order valence-electron chi connectivity index (χ2n) is 12.1. The Morgan fingerprint density at radius 3 is 2.13 bits per heavy atom. The summed E-state index contributed by atoms with van der Waals surface area (Å²) >= 11 is 0. The van der Waals surface area contributed by atoms with E-state index in [-0.39, 0.29) is 36.4 Å². The fraction of sp³-hybridized carbons (Fsp3) is 0.528. The molecule has 1 atom stereocenters. The van der Waals surface area contributed by atoms with Gasteiger partial charge in [0.25, 0.3) is 5.69 Å². The lowest BCUT2D eigenvalue weighted by atomic mass is 9.86. The first kappa shape index (κ1) is 38.2. The lowest BCUT2D eigenvalue weighted by Gasteiger charge is -2.34. The number of allylic oxidation sites excluding steroid dienone is 3. The minimum Gasteiger partial charge on any atom is -0.461 e. The molecule has 0 aromatic heterocycles. The Bertz CT molecular complexity index is 1410. The van der Waals surface area contributed by atoms with Crippen LogP contribution in [0.3, 0.4) is 0 Å². The van der Waals surface area contributed by atoms with Crippen LogP contribution in [0.25, 0.3) is 0 Å². The maximum absolute atomic E-state index is 14.9. The minimum absolute atomic E-state index is 0.123. The summed E-state index contributed by atoms with van der Waals surface area (Å²) in [7, 11) is -2.04. The van der Waals surface area contributed by atoms with Crippen LogP contribution in [0.4, 0.5) is 5.69 Å². The highest BCUT2D eigenvalue weighted by Crippen LogP contribution is 2.64. The van der Waals surface area contributed by atoms with E-state index >= 15 is 0 Å². The number of nitrogens with zero attached hydrogens (tertiary/aromatic N) is 2. The van der Waals surface area contributed by atoms with Crippen LogP contribution in [0.1, 0.15) is 96.1 Å². The van der Waals surface area contributed by atoms with E-state index < -0.39 is 24.4 Å². The number of benzene rings is 2. The molecule has 0 fully saturated rings. The number of nitrogens with one attached hydrogen (secondary N) is 1. The van der Waals surface area contributed by atoms with Gasteiger partial charge in [-0.05, 0) is 44.9 Å². The molecule has 10 nitrogen and oxygen atoms in total. The third-order valence-corrected chi connectivity index (χ3v) is 10.4. The zero-order valence-corrected chi connectivity index (χ0v) is 29.6. The highest BCUT2D eigenvalue weighted by molar-refractivity contribution is 7.58. The Hall–Kier alpha value is -3.30. The summed E-state index contributed by atoms with van der Waals surface area (Å²) in [6.07, 6.45) is 7.42. The number of carbonyl (C=O) groups excluding carboxylic acids is 1. The Kier molecular flexibility index (Phi) is 15.8. The van der Waals surface area contributed by atoms with Gasteiger partial charge in [-0.1, -0.05) is 94.8 Å². The Morgan fingerprint density at radius 2 is 1.53 bits per heavy atom. The largest absolute Gasteiger partial charge is 0.461 e. The first-order valence-corrected chi connectivity index (χ1v) is 18.4. The summed E-state index contributed by atoms with van der Waals surface area (Å²) in [4.78, 5) is 27.3. The quantitative estimate of drug-likeness (QED) is 0.0457. The van der Waals surface area contributed by atoms with Gasteiger partial charge in [0.05, 0.1) is 34.9 Å². The number of ether oxygens (including phenoxy) is 1. The average Bonchev–Trinajstić information content (AvgIpc) is 3.04. The molecule has 1 heterocycles. The number of dihydropyridines is 1. The van der Waals surface area contributed by atoms with Crippen molar-refractivity contribution in [3.8, 4) is 0 Å². The van der Waals surface area contributed by atoms with E-state index in [9.17, 15) is 19.5 Å². The smallest absolute Gasteiger partial charge is 0.360 e. The van der Waals surface area contributed by atoms with Crippen LogP contribution >= 0.6 is 7.60 Å². The Balaban J connectivity index is 1.96. The molecule has 258 valence electrons. The summed E-state index contributed by atoms with van der Waals surface area (Å²) in [6, 6.07) is 16.1. The molecule has 1 aliphatic rings. The maximum Gasteiger partial charge on any atom is 0.360 e. The second-order valence-corrected chi connectivity index (χ2v) is 14.1. The van der Waals surface area contributed by atoms with Crippen LogP contribution in [0, 0.1) is 10.1 Å². The van der Waals surface area contributed by atoms with Crippen LogP contribution in [-0.4, -0.2) is 49.2 Å². The Labute approximate surface area is 280 Å². The monoisotopic (exact) mass is 669 g/mol. The summed E-state index contributed by atoms with van der Waals surface area (Å²) in [5, 5.41) is 15.3. The predicted octanol–water partition coefficient (Wildman–Crippen LogP) is 8.85. The molecule has 3 rings (SSSR count). The van der Waals surface area contributed by atoms with Gasteiger partial charge in [0.1, 0.15) is 6.61 Å². The van der Waals surface area contributed by atoms with Gasteiger partial charge in [0.15, 0.2) is 0 Å². The van der Waals surface area contributed by atoms with Crippen molar-refractivity contribution in [1.82, 2.24) is 10.2 Å². The number of hydrogen-bond acceptors (Lipinski definition) is 9. The fourth-order valence-corrected chi connectivity index (χ4v) is 7.86.